The van der Waals surface area contributed by atoms with Crippen LogP contribution >= 0.6 is 0 Å². The fourth-order valence-electron chi connectivity index (χ4n) is 4.46. The fourth-order valence-corrected chi connectivity index (χ4v) is 6.06. The lowest BCUT2D eigenvalue weighted by Gasteiger charge is -2.40. The Morgan fingerprint density at radius 1 is 1.06 bits per heavy atom. The summed E-state index contributed by atoms with van der Waals surface area (Å²) in [7, 11) is -4.13. The Labute approximate surface area is 206 Å². The van der Waals surface area contributed by atoms with Crippen molar-refractivity contribution in [3.05, 3.63) is 89.2 Å². The molecule has 1 fully saturated rings. The third kappa shape index (κ3) is 5.23. The van der Waals surface area contributed by atoms with E-state index in [2.05, 4.69) is 16.3 Å². The minimum atomic E-state index is -4.13. The Hall–Kier alpha value is -3.23. The number of halogens is 1. The molecule has 4 rings (SSSR count). The molecular weight excluding hydrogens is 465 g/mol. The molecule has 1 N–H and O–H groups in total. The van der Waals surface area contributed by atoms with Crippen LogP contribution in [0.2, 0.25) is 0 Å². The third-order valence-electron chi connectivity index (χ3n) is 6.38. The second kappa shape index (κ2) is 10.2. The predicted octanol–water partition coefficient (Wildman–Crippen LogP) is 4.85. The third-order valence-corrected chi connectivity index (χ3v) is 8.26. The lowest BCUT2D eigenvalue weighted by atomic mass is 10.1. The van der Waals surface area contributed by atoms with Crippen molar-refractivity contribution in [1.29, 1.82) is 0 Å². The molecular formula is C27H30FN3O3S. The number of piperazine rings is 1. The average Bonchev–Trinajstić information content (AvgIpc) is 2.84. The molecule has 3 aromatic carbocycles. The van der Waals surface area contributed by atoms with Crippen molar-refractivity contribution < 1.29 is 17.6 Å². The molecule has 0 radical (unpaired) electrons. The quantitative estimate of drug-likeness (QED) is 0.531. The summed E-state index contributed by atoms with van der Waals surface area (Å²) in [5, 5.41) is 2.81. The van der Waals surface area contributed by atoms with E-state index in [1.165, 1.54) is 10.4 Å². The van der Waals surface area contributed by atoms with Crippen LogP contribution in [0, 0.1) is 12.7 Å². The monoisotopic (exact) mass is 495 g/mol. The maximum Gasteiger partial charge on any atom is 0.255 e. The highest BCUT2D eigenvalue weighted by Crippen LogP contribution is 2.27. The molecule has 184 valence electrons. The van der Waals surface area contributed by atoms with E-state index in [1.807, 2.05) is 57.2 Å². The fraction of sp³-hybridized carbons (Fsp3) is 0.296. The van der Waals surface area contributed by atoms with Gasteiger partial charge in [-0.3, -0.25) is 4.79 Å². The zero-order valence-corrected chi connectivity index (χ0v) is 21.0. The van der Waals surface area contributed by atoms with E-state index in [9.17, 15) is 17.6 Å². The van der Waals surface area contributed by atoms with Crippen LogP contribution in [0.4, 0.5) is 15.8 Å². The van der Waals surface area contributed by atoms with Crippen LogP contribution in [0.15, 0.2) is 71.6 Å². The second-order valence-corrected chi connectivity index (χ2v) is 10.8. The Morgan fingerprint density at radius 3 is 2.54 bits per heavy atom. The van der Waals surface area contributed by atoms with Crippen LogP contribution in [-0.2, 0) is 16.4 Å². The molecule has 1 unspecified atom stereocenters. The summed E-state index contributed by atoms with van der Waals surface area (Å²) < 4.78 is 42.9. The number of rotatable bonds is 6. The molecule has 1 aliphatic rings. The zero-order valence-electron chi connectivity index (χ0n) is 20.2. The molecule has 1 heterocycles. The number of nitrogens with zero attached hydrogens (tertiary/aromatic N) is 2. The average molecular weight is 496 g/mol. The van der Waals surface area contributed by atoms with Crippen LogP contribution in [0.3, 0.4) is 0 Å². The molecule has 1 saturated heterocycles. The van der Waals surface area contributed by atoms with Gasteiger partial charge in [-0.25, -0.2) is 12.8 Å². The van der Waals surface area contributed by atoms with E-state index in [4.69, 9.17) is 0 Å². The summed E-state index contributed by atoms with van der Waals surface area (Å²) in [5.41, 5.74) is 3.85. The number of aryl methyl sites for hydroxylation is 2. The first kappa shape index (κ1) is 24.9. The normalized spacial score (nSPS) is 16.8. The van der Waals surface area contributed by atoms with Crippen LogP contribution in [0.1, 0.15) is 35.3 Å². The van der Waals surface area contributed by atoms with Crippen molar-refractivity contribution in [2.24, 2.45) is 0 Å². The van der Waals surface area contributed by atoms with Crippen LogP contribution in [-0.4, -0.2) is 44.3 Å². The van der Waals surface area contributed by atoms with Gasteiger partial charge < -0.3 is 10.2 Å². The first-order valence-electron chi connectivity index (χ1n) is 11.7. The Morgan fingerprint density at radius 2 is 1.83 bits per heavy atom. The summed E-state index contributed by atoms with van der Waals surface area (Å²) in [6.45, 7) is 6.88. The molecule has 1 amide bonds. The lowest BCUT2D eigenvalue weighted by molar-refractivity contribution is 0.102. The Balaban J connectivity index is 1.55. The number of nitrogens with one attached hydrogen (secondary N) is 1. The topological polar surface area (TPSA) is 69.7 Å². The molecule has 1 aliphatic heterocycles. The van der Waals surface area contributed by atoms with Crippen molar-refractivity contribution in [3.8, 4) is 0 Å². The molecule has 3 aromatic rings. The van der Waals surface area contributed by atoms with Gasteiger partial charge in [0.05, 0.1) is 0 Å². The van der Waals surface area contributed by atoms with Crippen molar-refractivity contribution in [2.75, 3.05) is 29.9 Å². The smallest absolute Gasteiger partial charge is 0.255 e. The Bertz CT molecular complexity index is 1340. The van der Waals surface area contributed by atoms with Crippen molar-refractivity contribution in [3.63, 3.8) is 0 Å². The van der Waals surface area contributed by atoms with Gasteiger partial charge in [-0.1, -0.05) is 37.3 Å². The molecule has 8 heteroatoms. The summed E-state index contributed by atoms with van der Waals surface area (Å²) >= 11 is 0. The molecule has 35 heavy (non-hydrogen) atoms. The van der Waals surface area contributed by atoms with Crippen molar-refractivity contribution in [2.45, 2.75) is 38.1 Å². The van der Waals surface area contributed by atoms with Gasteiger partial charge >= 0.3 is 0 Å². The van der Waals surface area contributed by atoms with E-state index in [1.54, 1.807) is 6.07 Å². The number of amides is 1. The summed E-state index contributed by atoms with van der Waals surface area (Å²) in [6.07, 6.45) is 0.728. The largest absolute Gasteiger partial charge is 0.366 e. The van der Waals surface area contributed by atoms with E-state index < -0.39 is 26.6 Å². The van der Waals surface area contributed by atoms with Crippen molar-refractivity contribution in [1.82, 2.24) is 4.31 Å². The maximum atomic E-state index is 14.8. The van der Waals surface area contributed by atoms with E-state index in [0.29, 0.717) is 12.2 Å². The number of sulfonamides is 1. The highest BCUT2D eigenvalue weighted by molar-refractivity contribution is 7.89. The summed E-state index contributed by atoms with van der Waals surface area (Å²) in [5.74, 6) is -1.36. The maximum absolute atomic E-state index is 14.8. The molecule has 0 saturated carbocycles. The van der Waals surface area contributed by atoms with E-state index >= 15 is 0 Å². The minimum absolute atomic E-state index is 0.0855. The van der Waals surface area contributed by atoms with Crippen LogP contribution in [0.5, 0.6) is 0 Å². The lowest BCUT2D eigenvalue weighted by Crippen LogP contribution is -2.53. The molecule has 0 spiro atoms. The SMILES string of the molecule is CCc1ccccc1NC(=O)c1ccc(F)c(S(=O)(=O)N2CCN(c3cccc(C)c3)C(C)C2)c1. The molecule has 6 nitrogen and oxygen atoms in total. The highest BCUT2D eigenvalue weighted by Gasteiger charge is 2.34. The van der Waals surface area contributed by atoms with E-state index in [0.717, 1.165) is 35.4 Å². The van der Waals surface area contributed by atoms with Gasteiger partial charge in [-0.15, -0.1) is 0 Å². The van der Waals surface area contributed by atoms with E-state index in [-0.39, 0.29) is 24.7 Å². The van der Waals surface area contributed by atoms with Gasteiger partial charge in [-0.2, -0.15) is 4.31 Å². The van der Waals surface area contributed by atoms with Gasteiger partial charge in [0.1, 0.15) is 10.7 Å². The molecule has 0 aliphatic carbocycles. The van der Waals surface area contributed by atoms with Gasteiger partial charge in [0, 0.05) is 42.6 Å². The van der Waals surface area contributed by atoms with Gasteiger partial charge in [0.2, 0.25) is 10.0 Å². The van der Waals surface area contributed by atoms with Gasteiger partial charge in [0.25, 0.3) is 5.91 Å². The number of hydrogen-bond acceptors (Lipinski definition) is 4. The first-order chi connectivity index (χ1) is 16.7. The highest BCUT2D eigenvalue weighted by atomic mass is 32.2. The molecule has 0 bridgehead atoms. The van der Waals surface area contributed by atoms with Crippen LogP contribution in [0.25, 0.3) is 0 Å². The van der Waals surface area contributed by atoms with Gasteiger partial charge in [-0.05, 0) is 67.8 Å². The standard InChI is InChI=1S/C27H30FN3O3S/c1-4-21-9-5-6-11-25(21)29-27(32)22-12-13-24(28)26(17-22)35(33,34)30-14-15-31(20(3)18-30)23-10-7-8-19(2)16-23/h5-13,16-17,20H,4,14-15,18H2,1-3H3,(H,29,32). The number of hydrogen-bond donors (Lipinski definition) is 1. The predicted molar refractivity (Wildman–Crippen MR) is 137 cm³/mol. The number of benzene rings is 3. The van der Waals surface area contributed by atoms with Gasteiger partial charge in [0.15, 0.2) is 0 Å². The number of para-hydroxylation sites is 1. The first-order valence-corrected chi connectivity index (χ1v) is 13.2. The summed E-state index contributed by atoms with van der Waals surface area (Å²) in [4.78, 5) is 14.6. The number of anilines is 2. The number of carbonyl (C=O) groups is 1. The number of carbonyl (C=O) groups excluding carboxylic acids is 1. The summed E-state index contributed by atoms with van der Waals surface area (Å²) in [6, 6.07) is 18.8. The molecule has 1 atom stereocenters. The minimum Gasteiger partial charge on any atom is -0.366 e. The molecule has 0 aromatic heterocycles. The van der Waals surface area contributed by atoms with Crippen molar-refractivity contribution >= 4 is 27.3 Å². The van der Waals surface area contributed by atoms with Crippen LogP contribution < -0.4 is 10.2 Å². The second-order valence-electron chi connectivity index (χ2n) is 8.85. The Kier molecular flexibility index (Phi) is 7.23. The zero-order chi connectivity index (χ0) is 25.2.